The molecule has 1 atom stereocenters. The molecule has 4 heterocycles. The fourth-order valence-corrected chi connectivity index (χ4v) is 3.48. The van der Waals surface area contributed by atoms with Gasteiger partial charge in [0.2, 0.25) is 5.91 Å². The van der Waals surface area contributed by atoms with E-state index < -0.39 is 12.1 Å². The van der Waals surface area contributed by atoms with E-state index in [-0.39, 0.29) is 30.4 Å². The topological polar surface area (TPSA) is 101 Å². The molecule has 0 spiro atoms. The molecule has 1 amide bonds. The number of fused-ring (bicyclic) bond motifs is 1. The molecule has 11 heteroatoms. The summed E-state index contributed by atoms with van der Waals surface area (Å²) in [5, 5.41) is 6.83. The molecule has 0 aliphatic carbocycles. The van der Waals surface area contributed by atoms with E-state index >= 15 is 0 Å². The molecular formula is C22H22F3N7O. The van der Waals surface area contributed by atoms with Crippen LogP contribution < -0.4 is 5.32 Å². The normalized spacial score (nSPS) is 12.9. The van der Waals surface area contributed by atoms with Crippen LogP contribution in [0.2, 0.25) is 0 Å². The molecule has 33 heavy (non-hydrogen) atoms. The first kappa shape index (κ1) is 22.4. The van der Waals surface area contributed by atoms with Crippen molar-refractivity contribution in [2.45, 2.75) is 32.4 Å². The third-order valence-electron chi connectivity index (χ3n) is 5.28. The number of halogens is 3. The van der Waals surface area contributed by atoms with Crippen molar-refractivity contribution in [3.63, 3.8) is 0 Å². The predicted octanol–water partition coefficient (Wildman–Crippen LogP) is 4.01. The van der Waals surface area contributed by atoms with Crippen LogP contribution in [0.3, 0.4) is 0 Å². The zero-order chi connectivity index (χ0) is 23.6. The van der Waals surface area contributed by atoms with E-state index in [0.29, 0.717) is 11.5 Å². The van der Waals surface area contributed by atoms with Gasteiger partial charge in [-0.05, 0) is 24.1 Å². The Morgan fingerprint density at radius 2 is 1.97 bits per heavy atom. The molecule has 0 aliphatic rings. The van der Waals surface area contributed by atoms with Gasteiger partial charge in [-0.1, -0.05) is 19.9 Å². The summed E-state index contributed by atoms with van der Waals surface area (Å²) in [6, 6.07) is 4.71. The summed E-state index contributed by atoms with van der Waals surface area (Å²) in [6.45, 7) is 3.30. The second-order valence-corrected chi connectivity index (χ2v) is 7.91. The van der Waals surface area contributed by atoms with Gasteiger partial charge in [0.25, 0.3) is 0 Å². The molecule has 0 bridgehead atoms. The monoisotopic (exact) mass is 457 g/mol. The Hall–Kier alpha value is -3.76. The van der Waals surface area contributed by atoms with Gasteiger partial charge in [0.1, 0.15) is 0 Å². The van der Waals surface area contributed by atoms with Gasteiger partial charge in [-0.3, -0.25) is 4.79 Å². The predicted molar refractivity (Wildman–Crippen MR) is 116 cm³/mol. The number of hydrogen-bond acceptors (Lipinski definition) is 5. The van der Waals surface area contributed by atoms with Gasteiger partial charge in [-0.15, -0.1) is 0 Å². The summed E-state index contributed by atoms with van der Waals surface area (Å²) in [6.07, 6.45) is 3.06. The maximum atomic E-state index is 13.6. The lowest BCUT2D eigenvalue weighted by Gasteiger charge is -2.21. The van der Waals surface area contributed by atoms with Crippen LogP contribution in [0.25, 0.3) is 28.1 Å². The first-order valence-corrected chi connectivity index (χ1v) is 10.4. The zero-order valence-corrected chi connectivity index (χ0v) is 18.0. The fourth-order valence-electron chi connectivity index (χ4n) is 3.48. The lowest BCUT2D eigenvalue weighted by molar-refractivity contribution is -0.152. The minimum absolute atomic E-state index is 0.0331. The number of imidazole rings is 1. The van der Waals surface area contributed by atoms with E-state index in [2.05, 4.69) is 30.4 Å². The number of aromatic nitrogens is 6. The summed E-state index contributed by atoms with van der Waals surface area (Å²) < 4.78 is 42.4. The third kappa shape index (κ3) is 4.86. The molecule has 172 valence electrons. The van der Waals surface area contributed by atoms with Crippen molar-refractivity contribution in [3.8, 4) is 16.9 Å². The largest absolute Gasteiger partial charge is 0.395 e. The van der Waals surface area contributed by atoms with Gasteiger partial charge in [-0.2, -0.15) is 18.3 Å². The molecule has 1 unspecified atom stereocenters. The third-order valence-corrected chi connectivity index (χ3v) is 5.28. The molecule has 2 N–H and O–H groups in total. The number of alkyl halides is 3. The Labute approximate surface area is 187 Å². The smallest absolute Gasteiger partial charge is 0.356 e. The number of H-pyrrole nitrogens is 1. The molecule has 0 aromatic carbocycles. The first-order chi connectivity index (χ1) is 15.7. The Bertz CT molecular complexity index is 1240. The van der Waals surface area contributed by atoms with Crippen LogP contribution >= 0.6 is 0 Å². The molecule has 0 saturated heterocycles. The van der Waals surface area contributed by atoms with Crippen molar-refractivity contribution in [2.75, 3.05) is 6.54 Å². The lowest BCUT2D eigenvalue weighted by Crippen LogP contribution is -2.32. The first-order valence-electron chi connectivity index (χ1n) is 10.4. The van der Waals surface area contributed by atoms with Crippen LogP contribution in [-0.4, -0.2) is 48.3 Å². The van der Waals surface area contributed by atoms with Gasteiger partial charge in [-0.25, -0.2) is 19.6 Å². The number of amides is 1. The quantitative estimate of drug-likeness (QED) is 0.437. The zero-order valence-electron chi connectivity index (χ0n) is 18.0. The molecular weight excluding hydrogens is 435 g/mol. The maximum Gasteiger partial charge on any atom is 0.395 e. The van der Waals surface area contributed by atoms with Gasteiger partial charge in [0.15, 0.2) is 11.5 Å². The number of carbonyl (C=O) groups is 1. The van der Waals surface area contributed by atoms with Crippen molar-refractivity contribution in [2.24, 2.45) is 5.92 Å². The van der Waals surface area contributed by atoms with Crippen molar-refractivity contribution < 1.29 is 18.0 Å². The van der Waals surface area contributed by atoms with Crippen molar-refractivity contribution in [1.29, 1.82) is 0 Å². The Balaban J connectivity index is 1.52. The average molecular weight is 457 g/mol. The molecule has 0 fully saturated rings. The van der Waals surface area contributed by atoms with Crippen LogP contribution in [-0.2, 0) is 4.79 Å². The van der Waals surface area contributed by atoms with Crippen LogP contribution in [0, 0.1) is 5.92 Å². The fraction of sp³-hybridized carbons (Fsp3) is 0.318. The van der Waals surface area contributed by atoms with Crippen LogP contribution in [0.15, 0.2) is 49.3 Å². The number of carbonyl (C=O) groups excluding carboxylic acids is 1. The summed E-state index contributed by atoms with van der Waals surface area (Å²) in [5.74, 6) is -1.91. The van der Waals surface area contributed by atoms with Crippen LogP contribution in [0.1, 0.15) is 31.7 Å². The standard InChI is InChI=1S/C22H22F3N7O/c1-13(2)21(33)27-8-6-17(22(23,24)25)14-3-4-18(28-9-14)32-11-15(10-31-32)16-5-7-26-20-19(16)29-12-30-20/h3-5,7,9-13,17H,6,8H2,1-2H3,(H,27,33)(H,26,29,30). The van der Waals surface area contributed by atoms with Gasteiger partial charge in [0, 0.05) is 42.2 Å². The molecule has 4 aromatic heterocycles. The summed E-state index contributed by atoms with van der Waals surface area (Å²) in [5.41, 5.74) is 3.00. The van der Waals surface area contributed by atoms with Crippen molar-refractivity contribution in [1.82, 2.24) is 35.0 Å². The number of rotatable bonds is 7. The van der Waals surface area contributed by atoms with E-state index in [1.165, 1.54) is 23.0 Å². The molecule has 8 nitrogen and oxygen atoms in total. The maximum absolute atomic E-state index is 13.6. The minimum Gasteiger partial charge on any atom is -0.356 e. The number of nitrogens with zero attached hydrogens (tertiary/aromatic N) is 5. The highest BCUT2D eigenvalue weighted by Gasteiger charge is 2.40. The number of pyridine rings is 2. The van der Waals surface area contributed by atoms with E-state index in [1.54, 1.807) is 38.8 Å². The molecule has 4 aromatic rings. The van der Waals surface area contributed by atoms with E-state index in [1.807, 2.05) is 6.07 Å². The van der Waals surface area contributed by atoms with E-state index in [9.17, 15) is 18.0 Å². The Morgan fingerprint density at radius 3 is 2.67 bits per heavy atom. The summed E-state index contributed by atoms with van der Waals surface area (Å²) in [7, 11) is 0. The van der Waals surface area contributed by atoms with Gasteiger partial charge in [0.05, 0.1) is 24.0 Å². The second-order valence-electron chi connectivity index (χ2n) is 7.91. The van der Waals surface area contributed by atoms with Crippen molar-refractivity contribution >= 4 is 17.1 Å². The molecule has 0 saturated carbocycles. The highest BCUT2D eigenvalue weighted by molar-refractivity contribution is 5.88. The molecule has 0 radical (unpaired) electrons. The van der Waals surface area contributed by atoms with E-state index in [4.69, 9.17) is 0 Å². The second kappa shape index (κ2) is 9.00. The lowest BCUT2D eigenvalue weighted by atomic mass is 9.96. The number of aromatic amines is 1. The minimum atomic E-state index is -4.46. The van der Waals surface area contributed by atoms with E-state index in [0.717, 1.165) is 16.6 Å². The number of hydrogen-bond donors (Lipinski definition) is 2. The average Bonchev–Trinajstić information content (AvgIpc) is 3.45. The Kier molecular flexibility index (Phi) is 6.12. The number of nitrogens with one attached hydrogen (secondary N) is 2. The summed E-state index contributed by atoms with van der Waals surface area (Å²) in [4.78, 5) is 27.2. The van der Waals surface area contributed by atoms with Gasteiger partial charge >= 0.3 is 6.18 Å². The highest BCUT2D eigenvalue weighted by atomic mass is 19.4. The molecule has 4 rings (SSSR count). The highest BCUT2D eigenvalue weighted by Crippen LogP contribution is 2.37. The Morgan fingerprint density at radius 1 is 1.15 bits per heavy atom. The van der Waals surface area contributed by atoms with Gasteiger partial charge < -0.3 is 10.3 Å². The SMILES string of the molecule is CC(C)C(=O)NCCC(c1ccc(-n2cc(-c3ccnc4nc[nH]c34)cn2)nc1)C(F)(F)F. The van der Waals surface area contributed by atoms with Crippen molar-refractivity contribution in [3.05, 3.63) is 54.9 Å². The van der Waals surface area contributed by atoms with Crippen LogP contribution in [0.5, 0.6) is 0 Å². The summed E-state index contributed by atoms with van der Waals surface area (Å²) >= 11 is 0. The van der Waals surface area contributed by atoms with Crippen LogP contribution in [0.4, 0.5) is 13.2 Å². The molecule has 0 aliphatic heterocycles.